The van der Waals surface area contributed by atoms with Crippen LogP contribution in [0.4, 0.5) is 0 Å². The van der Waals surface area contributed by atoms with Crippen molar-refractivity contribution >= 4 is 25.7 Å². The number of ether oxygens (including phenoxy) is 2. The standard InChI is InChI=1S/C42H72NO12P/c1-3-5-7-9-11-12-13-14-15-16-17-19-25-31-40(46)52-33-38(34-53-56(50,51)54-35-39(43)42(48)49)55-41(47)32-26-30-37(45)29-24-21-20-23-28-36(44)27-22-18-10-8-6-4-2/h12-13,18,20-24,28-29,36-39,44-45H,3-11,14-17,19,25-27,30-35,43H2,1-2H3,(H,48,49)(H,50,51)/b13-12-,21-20+,22-18-,28-23+,29-24-/t36-,37-,38+,39-/m0/s1. The highest BCUT2D eigenvalue weighted by atomic mass is 31.2. The zero-order valence-corrected chi connectivity index (χ0v) is 34.8. The molecule has 0 aromatic rings. The fourth-order valence-electron chi connectivity index (χ4n) is 5.08. The van der Waals surface area contributed by atoms with Crippen LogP contribution in [0, 0.1) is 0 Å². The quantitative estimate of drug-likeness (QED) is 0.0131. The molecule has 0 aliphatic heterocycles. The van der Waals surface area contributed by atoms with Crippen molar-refractivity contribution in [3.8, 4) is 0 Å². The number of nitrogens with two attached hydrogens (primary N) is 1. The Hall–Kier alpha value is -2.90. The molecule has 0 aliphatic carbocycles. The minimum atomic E-state index is -4.79. The van der Waals surface area contributed by atoms with Crippen molar-refractivity contribution in [1.29, 1.82) is 0 Å². The number of aliphatic hydroxyl groups is 2. The molecule has 0 rings (SSSR count). The predicted octanol–water partition coefficient (Wildman–Crippen LogP) is 8.33. The first-order valence-corrected chi connectivity index (χ1v) is 22.0. The van der Waals surface area contributed by atoms with Crippen LogP contribution in [0.15, 0.2) is 60.8 Å². The summed E-state index contributed by atoms with van der Waals surface area (Å²) >= 11 is 0. The molecule has 13 nitrogen and oxygen atoms in total. The molecule has 14 heteroatoms. The number of hydrogen-bond donors (Lipinski definition) is 5. The number of carbonyl (C=O) groups is 3. The molecule has 0 radical (unpaired) electrons. The number of hydrogen-bond acceptors (Lipinski definition) is 11. The maximum atomic E-state index is 12.6. The minimum Gasteiger partial charge on any atom is -0.480 e. The number of phosphoric ester groups is 1. The third kappa shape index (κ3) is 35.5. The lowest BCUT2D eigenvalue weighted by Crippen LogP contribution is -2.34. The first kappa shape index (κ1) is 53.1. The number of aliphatic carboxylic acids is 1. The number of unbranched alkanes of at least 4 members (excludes halogenated alkanes) is 12. The topological polar surface area (TPSA) is 212 Å². The van der Waals surface area contributed by atoms with E-state index in [0.717, 1.165) is 51.4 Å². The summed E-state index contributed by atoms with van der Waals surface area (Å²) in [5.74, 6) is -2.67. The molecule has 0 heterocycles. The summed E-state index contributed by atoms with van der Waals surface area (Å²) in [6.45, 7) is 2.44. The summed E-state index contributed by atoms with van der Waals surface area (Å²) in [4.78, 5) is 45.9. The summed E-state index contributed by atoms with van der Waals surface area (Å²) in [7, 11) is -4.79. The van der Waals surface area contributed by atoms with Gasteiger partial charge in [-0.3, -0.25) is 23.4 Å². The number of esters is 2. The van der Waals surface area contributed by atoms with Crippen molar-refractivity contribution in [1.82, 2.24) is 0 Å². The monoisotopic (exact) mass is 813 g/mol. The van der Waals surface area contributed by atoms with Crippen LogP contribution in [0.5, 0.6) is 0 Å². The molecule has 0 saturated carbocycles. The van der Waals surface area contributed by atoms with Gasteiger partial charge in [-0.2, -0.15) is 0 Å². The average molecular weight is 814 g/mol. The van der Waals surface area contributed by atoms with Gasteiger partial charge in [0.05, 0.1) is 25.4 Å². The van der Waals surface area contributed by atoms with Crippen molar-refractivity contribution in [2.24, 2.45) is 5.73 Å². The van der Waals surface area contributed by atoms with Gasteiger partial charge in [0.1, 0.15) is 12.6 Å². The zero-order chi connectivity index (χ0) is 41.7. The molecule has 0 bridgehead atoms. The van der Waals surface area contributed by atoms with E-state index < -0.39 is 69.9 Å². The van der Waals surface area contributed by atoms with Gasteiger partial charge in [0.2, 0.25) is 0 Å². The second-order valence-corrected chi connectivity index (χ2v) is 15.3. The molecule has 0 aromatic carbocycles. The Kier molecular flexibility index (Phi) is 34.6. The summed E-state index contributed by atoms with van der Waals surface area (Å²) in [5, 5.41) is 29.1. The van der Waals surface area contributed by atoms with Gasteiger partial charge in [0, 0.05) is 12.8 Å². The van der Waals surface area contributed by atoms with Crippen LogP contribution in [0.3, 0.4) is 0 Å². The first-order valence-electron chi connectivity index (χ1n) is 20.5. The smallest absolute Gasteiger partial charge is 0.472 e. The van der Waals surface area contributed by atoms with Crippen LogP contribution in [0.2, 0.25) is 0 Å². The van der Waals surface area contributed by atoms with E-state index in [2.05, 4.69) is 36.6 Å². The Bertz CT molecular complexity index is 1220. The van der Waals surface area contributed by atoms with E-state index in [1.165, 1.54) is 38.5 Å². The van der Waals surface area contributed by atoms with Gasteiger partial charge in [0.15, 0.2) is 6.10 Å². The molecule has 0 spiro atoms. The molecule has 6 N–H and O–H groups in total. The van der Waals surface area contributed by atoms with Crippen LogP contribution in [0.1, 0.15) is 142 Å². The summed E-state index contributed by atoms with van der Waals surface area (Å²) in [6, 6.07) is -1.56. The van der Waals surface area contributed by atoms with E-state index in [9.17, 15) is 34.1 Å². The van der Waals surface area contributed by atoms with Crippen molar-refractivity contribution in [2.45, 2.75) is 167 Å². The summed E-state index contributed by atoms with van der Waals surface area (Å²) < 4.78 is 32.4. The van der Waals surface area contributed by atoms with E-state index in [1.54, 1.807) is 36.5 Å². The number of carboxylic acid groups (broad SMARTS) is 1. The van der Waals surface area contributed by atoms with E-state index >= 15 is 0 Å². The molecule has 0 saturated heterocycles. The number of rotatable bonds is 37. The highest BCUT2D eigenvalue weighted by molar-refractivity contribution is 7.47. The van der Waals surface area contributed by atoms with Crippen LogP contribution in [-0.2, 0) is 37.5 Å². The Morgan fingerprint density at radius 3 is 1.80 bits per heavy atom. The Morgan fingerprint density at radius 1 is 0.643 bits per heavy atom. The largest absolute Gasteiger partial charge is 0.480 e. The Labute approximate surface area is 335 Å². The number of aliphatic hydroxyl groups excluding tert-OH is 2. The normalized spacial score (nSPS) is 15.5. The highest BCUT2D eigenvalue weighted by Crippen LogP contribution is 2.43. The maximum absolute atomic E-state index is 12.6. The van der Waals surface area contributed by atoms with Crippen molar-refractivity contribution in [2.75, 3.05) is 19.8 Å². The van der Waals surface area contributed by atoms with E-state index in [-0.39, 0.29) is 25.7 Å². The second kappa shape index (κ2) is 36.4. The Morgan fingerprint density at radius 2 is 1.16 bits per heavy atom. The van der Waals surface area contributed by atoms with Gasteiger partial charge in [-0.15, -0.1) is 0 Å². The fourth-order valence-corrected chi connectivity index (χ4v) is 5.85. The lowest BCUT2D eigenvalue weighted by Gasteiger charge is -2.20. The molecule has 5 atom stereocenters. The number of allylic oxidation sites excluding steroid dienone is 7. The van der Waals surface area contributed by atoms with Crippen LogP contribution in [-0.4, -0.2) is 82.3 Å². The number of phosphoric acid groups is 1. The Balaban J connectivity index is 4.71. The summed E-state index contributed by atoms with van der Waals surface area (Å²) in [5.41, 5.74) is 5.31. The second-order valence-electron chi connectivity index (χ2n) is 13.8. The molecule has 0 aliphatic rings. The molecule has 1 unspecified atom stereocenters. The lowest BCUT2D eigenvalue weighted by molar-refractivity contribution is -0.161. The molecular weight excluding hydrogens is 741 g/mol. The summed E-state index contributed by atoms with van der Waals surface area (Å²) in [6.07, 6.45) is 33.5. The molecule has 0 amide bonds. The van der Waals surface area contributed by atoms with E-state index in [0.29, 0.717) is 12.8 Å². The molecule has 0 fully saturated rings. The highest BCUT2D eigenvalue weighted by Gasteiger charge is 2.28. The third-order valence-corrected chi connectivity index (χ3v) is 9.38. The zero-order valence-electron chi connectivity index (χ0n) is 33.9. The minimum absolute atomic E-state index is 0.103. The van der Waals surface area contributed by atoms with Gasteiger partial charge in [-0.05, 0) is 64.2 Å². The SMILES string of the molecule is CCCCC/C=C\C[C@H](O)/C=C/C=C/C=C\[C@H](O)CCCC(=O)O[C@H](COC(=O)CCCCCCC/C=C\CCCCCC)COP(=O)(O)OC[C@H](N)C(=O)O. The van der Waals surface area contributed by atoms with Gasteiger partial charge < -0.3 is 35.4 Å². The lowest BCUT2D eigenvalue weighted by atomic mass is 10.1. The van der Waals surface area contributed by atoms with Gasteiger partial charge >= 0.3 is 25.7 Å². The molecule has 56 heavy (non-hydrogen) atoms. The fraction of sp³-hybridized carbons (Fsp3) is 0.690. The predicted molar refractivity (Wildman–Crippen MR) is 220 cm³/mol. The van der Waals surface area contributed by atoms with E-state index in [1.807, 2.05) is 6.08 Å². The maximum Gasteiger partial charge on any atom is 0.472 e. The van der Waals surface area contributed by atoms with Crippen LogP contribution in [0.25, 0.3) is 0 Å². The van der Waals surface area contributed by atoms with Crippen LogP contribution < -0.4 is 5.73 Å². The van der Waals surface area contributed by atoms with Gasteiger partial charge in [-0.1, -0.05) is 126 Å². The van der Waals surface area contributed by atoms with Crippen molar-refractivity contribution in [3.05, 3.63) is 60.8 Å². The number of carboxylic acids is 1. The molecule has 0 aromatic heterocycles. The van der Waals surface area contributed by atoms with E-state index in [4.69, 9.17) is 24.8 Å². The molecular formula is C42H72NO12P. The average Bonchev–Trinajstić information content (AvgIpc) is 3.16. The van der Waals surface area contributed by atoms with Gasteiger partial charge in [-0.25, -0.2) is 4.57 Å². The van der Waals surface area contributed by atoms with Crippen molar-refractivity contribution in [3.63, 3.8) is 0 Å². The van der Waals surface area contributed by atoms with Crippen molar-refractivity contribution < 1.29 is 57.7 Å². The number of carbonyl (C=O) groups excluding carboxylic acids is 2. The van der Waals surface area contributed by atoms with Gasteiger partial charge in [0.25, 0.3) is 0 Å². The van der Waals surface area contributed by atoms with Crippen LogP contribution >= 0.6 is 7.82 Å². The molecule has 322 valence electrons. The first-order chi connectivity index (χ1) is 26.9. The third-order valence-electron chi connectivity index (χ3n) is 8.43.